The first-order valence-electron chi connectivity index (χ1n) is 10.3. The molecule has 0 saturated carbocycles. The van der Waals surface area contributed by atoms with Crippen LogP contribution in [0, 0.1) is 0 Å². The van der Waals surface area contributed by atoms with E-state index in [4.69, 9.17) is 18.9 Å². The highest BCUT2D eigenvalue weighted by molar-refractivity contribution is 5.88. The second-order valence-electron chi connectivity index (χ2n) is 8.24. The number of hydrogen-bond donors (Lipinski definition) is 1. The topological polar surface area (TPSA) is 99.5 Å². The van der Waals surface area contributed by atoms with Crippen molar-refractivity contribution < 1.29 is 28.8 Å². The molecule has 32 heavy (non-hydrogen) atoms. The Kier molecular flexibility index (Phi) is 7.10. The van der Waals surface area contributed by atoms with Crippen LogP contribution in [0.2, 0.25) is 0 Å². The first-order chi connectivity index (χ1) is 15.2. The van der Waals surface area contributed by atoms with E-state index >= 15 is 0 Å². The minimum absolute atomic E-state index is 0.291. The van der Waals surface area contributed by atoms with Crippen molar-refractivity contribution in [3.8, 4) is 22.8 Å². The minimum Gasteiger partial charge on any atom is -0.493 e. The molecule has 1 aromatic carbocycles. The Hall–Kier alpha value is -3.04. The van der Waals surface area contributed by atoms with Crippen LogP contribution in [0.5, 0.6) is 11.5 Å². The monoisotopic (exact) mass is 446 g/mol. The largest absolute Gasteiger partial charge is 0.493 e. The number of pyridine rings is 1. The Morgan fingerprint density at radius 1 is 1.09 bits per heavy atom. The number of carboxylic acid groups (broad SMARTS) is 1. The number of carboxylic acids is 1. The molecule has 0 atom stereocenters. The second-order valence-corrected chi connectivity index (χ2v) is 8.24. The molecule has 0 bridgehead atoms. The quantitative estimate of drug-likeness (QED) is 0.556. The van der Waals surface area contributed by atoms with Crippen molar-refractivity contribution in [3.63, 3.8) is 0 Å². The van der Waals surface area contributed by atoms with Crippen LogP contribution in [-0.4, -0.2) is 62.4 Å². The van der Waals surface area contributed by atoms with Gasteiger partial charge in [-0.25, -0.2) is 4.79 Å². The number of benzene rings is 1. The van der Waals surface area contributed by atoms with Crippen LogP contribution in [0.4, 0.5) is 0 Å². The van der Waals surface area contributed by atoms with Crippen molar-refractivity contribution in [1.82, 2.24) is 4.68 Å². The summed E-state index contributed by atoms with van der Waals surface area (Å²) in [6, 6.07) is 5.10. The molecule has 2 aromatic rings. The number of methoxy groups -OCH3 is 3. The Balaban J connectivity index is 2.15. The van der Waals surface area contributed by atoms with Crippen LogP contribution in [0.3, 0.4) is 0 Å². The van der Waals surface area contributed by atoms with Gasteiger partial charge in [0.1, 0.15) is 5.56 Å². The van der Waals surface area contributed by atoms with E-state index in [1.807, 2.05) is 31.0 Å². The molecule has 0 radical (unpaired) electrons. The summed E-state index contributed by atoms with van der Waals surface area (Å²) in [6.07, 6.45) is 2.11. The summed E-state index contributed by atoms with van der Waals surface area (Å²) in [5.74, 6) is -0.130. The molecule has 0 aliphatic carbocycles. The van der Waals surface area contributed by atoms with Gasteiger partial charge in [0.2, 0.25) is 0 Å². The lowest BCUT2D eigenvalue weighted by Gasteiger charge is -2.45. The number of rotatable bonds is 10. The van der Waals surface area contributed by atoms with Gasteiger partial charge in [-0.15, -0.1) is 0 Å². The molecule has 174 valence electrons. The van der Waals surface area contributed by atoms with Crippen molar-refractivity contribution in [2.24, 2.45) is 0 Å². The van der Waals surface area contributed by atoms with Gasteiger partial charge >= 0.3 is 5.97 Å². The maximum absolute atomic E-state index is 12.5. The van der Waals surface area contributed by atoms with Gasteiger partial charge in [-0.2, -0.15) is 0 Å². The fraction of sp³-hybridized carbons (Fsp3) is 0.478. The molecule has 9 nitrogen and oxygen atoms in total. The summed E-state index contributed by atoms with van der Waals surface area (Å²) >= 11 is 0. The predicted molar refractivity (Wildman–Crippen MR) is 120 cm³/mol. The first kappa shape index (κ1) is 23.6. The lowest BCUT2D eigenvalue weighted by atomic mass is 9.96. The maximum atomic E-state index is 12.5. The van der Waals surface area contributed by atoms with Crippen LogP contribution in [-0.2, 0) is 16.0 Å². The maximum Gasteiger partial charge on any atom is 0.341 e. The van der Waals surface area contributed by atoms with Crippen molar-refractivity contribution in [3.05, 3.63) is 45.7 Å². The van der Waals surface area contributed by atoms with Gasteiger partial charge in [0, 0.05) is 45.1 Å². The van der Waals surface area contributed by atoms with E-state index < -0.39 is 16.9 Å². The average Bonchev–Trinajstić information content (AvgIpc) is 2.74. The summed E-state index contributed by atoms with van der Waals surface area (Å²) in [5.41, 5.74) is 0.949. The van der Waals surface area contributed by atoms with Gasteiger partial charge < -0.3 is 29.1 Å². The van der Waals surface area contributed by atoms with Crippen LogP contribution in [0.15, 0.2) is 29.2 Å². The summed E-state index contributed by atoms with van der Waals surface area (Å²) in [7, 11) is 4.82. The molecule has 0 unspecified atom stereocenters. The zero-order valence-electron chi connectivity index (χ0n) is 19.1. The molecule has 1 aliphatic rings. The third kappa shape index (κ3) is 4.58. The number of nitrogens with zero attached hydrogens (tertiary/aromatic N) is 2. The Morgan fingerprint density at radius 3 is 2.47 bits per heavy atom. The van der Waals surface area contributed by atoms with Gasteiger partial charge in [0.25, 0.3) is 0 Å². The number of ether oxygens (including phenoxy) is 4. The molecule has 0 fully saturated rings. The smallest absolute Gasteiger partial charge is 0.341 e. The first-order valence-corrected chi connectivity index (χ1v) is 10.3. The van der Waals surface area contributed by atoms with E-state index in [2.05, 4.69) is 0 Å². The summed E-state index contributed by atoms with van der Waals surface area (Å²) in [5, 5.41) is 11.5. The van der Waals surface area contributed by atoms with Gasteiger partial charge in [-0.1, -0.05) is 0 Å². The van der Waals surface area contributed by atoms with E-state index in [0.717, 1.165) is 17.5 Å². The number of aromatic nitrogens is 1. The fourth-order valence-electron chi connectivity index (χ4n) is 3.88. The molecule has 3 rings (SSSR count). The molecule has 1 N–H and O–H groups in total. The Labute approximate surface area is 187 Å². The standard InChI is InChI=1S/C23H30N2O7/c1-23(2,14-30-4)25-12-15-9-21(32-8-6-7-29-3)20(31-5)10-16(15)18-11-19(26)17(22(27)28)13-24(18)25/h9-11,13H,6-8,12,14H2,1-5H3,(H,27,28). The molecule has 2 heterocycles. The van der Waals surface area contributed by atoms with E-state index in [9.17, 15) is 14.7 Å². The van der Waals surface area contributed by atoms with E-state index in [0.29, 0.717) is 43.6 Å². The molecular formula is C23H30N2O7. The van der Waals surface area contributed by atoms with Crippen molar-refractivity contribution in [2.75, 3.05) is 46.2 Å². The van der Waals surface area contributed by atoms with Crippen molar-refractivity contribution in [1.29, 1.82) is 0 Å². The SMILES string of the molecule is COCCCOc1cc2c(cc1OC)-c1cc(=O)c(C(=O)O)cn1N(C(C)(C)COC)C2. The van der Waals surface area contributed by atoms with Crippen LogP contribution in [0.25, 0.3) is 11.3 Å². The van der Waals surface area contributed by atoms with Gasteiger partial charge in [-0.05, 0) is 31.5 Å². The molecule has 9 heteroatoms. The van der Waals surface area contributed by atoms with Crippen molar-refractivity contribution in [2.45, 2.75) is 32.4 Å². The summed E-state index contributed by atoms with van der Waals surface area (Å²) in [6.45, 7) is 5.91. The minimum atomic E-state index is -1.27. The Morgan fingerprint density at radius 2 is 1.84 bits per heavy atom. The van der Waals surface area contributed by atoms with Gasteiger partial charge in [0.05, 0.1) is 38.1 Å². The summed E-state index contributed by atoms with van der Waals surface area (Å²) in [4.78, 5) is 24.2. The normalized spacial score (nSPS) is 12.8. The van der Waals surface area contributed by atoms with Crippen LogP contribution < -0.4 is 19.9 Å². The Bertz CT molecular complexity index is 1050. The lowest BCUT2D eigenvalue weighted by molar-refractivity contribution is 0.0694. The average molecular weight is 447 g/mol. The van der Waals surface area contributed by atoms with E-state index in [1.165, 1.54) is 12.3 Å². The van der Waals surface area contributed by atoms with Gasteiger partial charge in [0.15, 0.2) is 16.9 Å². The highest BCUT2D eigenvalue weighted by Crippen LogP contribution is 2.40. The molecule has 1 aromatic heterocycles. The molecule has 0 spiro atoms. The highest BCUT2D eigenvalue weighted by atomic mass is 16.5. The number of aromatic carboxylic acids is 1. The number of carbonyl (C=O) groups is 1. The highest BCUT2D eigenvalue weighted by Gasteiger charge is 2.34. The molecular weight excluding hydrogens is 416 g/mol. The molecule has 1 aliphatic heterocycles. The number of hydrogen-bond acceptors (Lipinski definition) is 7. The molecule has 0 saturated heterocycles. The van der Waals surface area contributed by atoms with E-state index in [-0.39, 0.29) is 5.56 Å². The second kappa shape index (κ2) is 9.62. The number of fused-ring (bicyclic) bond motifs is 3. The van der Waals surface area contributed by atoms with Crippen molar-refractivity contribution >= 4 is 5.97 Å². The third-order valence-corrected chi connectivity index (χ3v) is 5.45. The molecule has 0 amide bonds. The van der Waals surface area contributed by atoms with E-state index in [1.54, 1.807) is 26.0 Å². The van der Waals surface area contributed by atoms with Crippen LogP contribution in [0.1, 0.15) is 36.2 Å². The third-order valence-electron chi connectivity index (χ3n) is 5.45. The summed E-state index contributed by atoms with van der Waals surface area (Å²) < 4.78 is 23.7. The van der Waals surface area contributed by atoms with Crippen LogP contribution >= 0.6 is 0 Å². The van der Waals surface area contributed by atoms with Gasteiger partial charge in [-0.3, -0.25) is 9.47 Å². The lowest BCUT2D eigenvalue weighted by Crippen LogP contribution is -2.55. The zero-order chi connectivity index (χ0) is 23.5. The fourth-order valence-corrected chi connectivity index (χ4v) is 3.88. The predicted octanol–water partition coefficient (Wildman–Crippen LogP) is 2.51. The zero-order valence-corrected chi connectivity index (χ0v) is 19.1.